The van der Waals surface area contributed by atoms with E-state index in [9.17, 15) is 30.4 Å². The predicted molar refractivity (Wildman–Crippen MR) is 99.5 cm³/mol. The average molecular weight is 387 g/mol. The fourth-order valence-corrected chi connectivity index (χ4v) is 1.86. The van der Waals surface area contributed by atoms with Crippen LogP contribution in [0.3, 0.4) is 0 Å². The van der Waals surface area contributed by atoms with Gasteiger partial charge in [-0.2, -0.15) is 10.2 Å². The van der Waals surface area contributed by atoms with Gasteiger partial charge in [0.2, 0.25) is 5.96 Å². The summed E-state index contributed by atoms with van der Waals surface area (Å²) < 4.78 is 0. The number of benzene rings is 2. The lowest BCUT2D eigenvalue weighted by Gasteiger charge is -2.00. The molecule has 2 rings (SSSR count). The molecule has 0 spiro atoms. The molecule has 13 heteroatoms. The minimum absolute atomic E-state index is 0.0516. The van der Waals surface area contributed by atoms with Crippen molar-refractivity contribution < 1.29 is 20.1 Å². The summed E-state index contributed by atoms with van der Waals surface area (Å²) >= 11 is 0. The maximum absolute atomic E-state index is 10.7. The molecule has 2 aromatic carbocycles. The maximum Gasteiger partial charge on any atom is 0.270 e. The third-order valence-corrected chi connectivity index (χ3v) is 3.19. The number of hydrogen-bond acceptors (Lipinski definition) is 9. The Hall–Kier alpha value is -4.55. The number of non-ortho nitro benzene ring substituents is 2. The van der Waals surface area contributed by atoms with E-state index in [0.717, 1.165) is 48.8 Å². The van der Waals surface area contributed by atoms with Gasteiger partial charge in [0.05, 0.1) is 22.3 Å². The number of nitrogens with one attached hydrogen (secondary N) is 1. The zero-order valence-electron chi connectivity index (χ0n) is 14.0. The number of hydrazone groups is 1. The largest absolute Gasteiger partial charge is 0.507 e. The predicted octanol–water partition coefficient (Wildman–Crippen LogP) is 1.19. The number of phenolic OH excluding ortho intramolecular Hbond substituents is 2. The molecule has 0 saturated heterocycles. The van der Waals surface area contributed by atoms with Crippen molar-refractivity contribution in [2.45, 2.75) is 0 Å². The lowest BCUT2D eigenvalue weighted by atomic mass is 10.2. The summed E-state index contributed by atoms with van der Waals surface area (Å²) in [4.78, 5) is 20.2. The molecule has 0 aromatic heterocycles. The quantitative estimate of drug-likeness (QED) is 0.245. The van der Waals surface area contributed by atoms with Gasteiger partial charge in [-0.3, -0.25) is 20.2 Å². The SMILES string of the molecule is NC(=N/N=C\c1cc([N+](=O)[O-])ccc1O)N/N=C\c1cc([N+](=O)[O-])ccc1O. The number of nitro groups is 2. The van der Waals surface area contributed by atoms with Crippen molar-refractivity contribution in [1.29, 1.82) is 0 Å². The zero-order valence-corrected chi connectivity index (χ0v) is 14.0. The van der Waals surface area contributed by atoms with Crippen LogP contribution in [0.5, 0.6) is 11.5 Å². The van der Waals surface area contributed by atoms with Crippen molar-refractivity contribution in [2.75, 3.05) is 0 Å². The molecule has 2 aromatic rings. The van der Waals surface area contributed by atoms with Gasteiger partial charge in [0.25, 0.3) is 11.4 Å². The monoisotopic (exact) mass is 387 g/mol. The molecule has 13 nitrogen and oxygen atoms in total. The Morgan fingerprint density at radius 3 is 1.96 bits per heavy atom. The van der Waals surface area contributed by atoms with Crippen LogP contribution in [0, 0.1) is 20.2 Å². The Kier molecular flexibility index (Phi) is 6.15. The van der Waals surface area contributed by atoms with Gasteiger partial charge >= 0.3 is 0 Å². The van der Waals surface area contributed by atoms with Crippen LogP contribution < -0.4 is 11.2 Å². The third-order valence-electron chi connectivity index (χ3n) is 3.19. The van der Waals surface area contributed by atoms with E-state index in [2.05, 4.69) is 20.7 Å². The Morgan fingerprint density at radius 1 is 0.964 bits per heavy atom. The highest BCUT2D eigenvalue weighted by Crippen LogP contribution is 2.22. The molecule has 0 aliphatic rings. The highest BCUT2D eigenvalue weighted by atomic mass is 16.6. The average Bonchev–Trinajstić information content (AvgIpc) is 2.64. The highest BCUT2D eigenvalue weighted by molar-refractivity contribution is 5.87. The van der Waals surface area contributed by atoms with Crippen molar-refractivity contribution >= 4 is 29.8 Å². The van der Waals surface area contributed by atoms with Crippen LogP contribution in [-0.4, -0.2) is 38.4 Å². The van der Waals surface area contributed by atoms with E-state index in [4.69, 9.17) is 5.73 Å². The Bertz CT molecular complexity index is 1000. The fraction of sp³-hybridized carbons (Fsp3) is 0. The van der Waals surface area contributed by atoms with E-state index < -0.39 is 9.85 Å². The first-order valence-corrected chi connectivity index (χ1v) is 7.38. The van der Waals surface area contributed by atoms with E-state index in [1.165, 1.54) is 0 Å². The van der Waals surface area contributed by atoms with Crippen LogP contribution in [0.2, 0.25) is 0 Å². The van der Waals surface area contributed by atoms with Crippen LogP contribution in [0.4, 0.5) is 11.4 Å². The van der Waals surface area contributed by atoms with Gasteiger partial charge in [-0.15, -0.1) is 5.10 Å². The molecule has 0 radical (unpaired) electrons. The van der Waals surface area contributed by atoms with Gasteiger partial charge in [0.1, 0.15) is 11.5 Å². The van der Waals surface area contributed by atoms with Gasteiger partial charge < -0.3 is 15.9 Å². The number of nitro benzene ring substituents is 2. The molecule has 144 valence electrons. The summed E-state index contributed by atoms with van der Waals surface area (Å²) in [6.45, 7) is 0. The molecule has 0 fully saturated rings. The first-order chi connectivity index (χ1) is 13.3. The summed E-state index contributed by atoms with van der Waals surface area (Å²) in [5.74, 6) is -0.761. The van der Waals surface area contributed by atoms with Crippen LogP contribution in [0.1, 0.15) is 11.1 Å². The summed E-state index contributed by atoms with van der Waals surface area (Å²) in [7, 11) is 0. The number of phenols is 2. The van der Waals surface area contributed by atoms with Crippen LogP contribution in [0.15, 0.2) is 51.7 Å². The molecule has 5 N–H and O–H groups in total. The van der Waals surface area contributed by atoms with Crippen molar-refractivity contribution in [1.82, 2.24) is 5.43 Å². The van der Waals surface area contributed by atoms with Gasteiger partial charge in [0, 0.05) is 35.4 Å². The van der Waals surface area contributed by atoms with Crippen LogP contribution in [0.25, 0.3) is 0 Å². The molecule has 0 bridgehead atoms. The maximum atomic E-state index is 10.7. The van der Waals surface area contributed by atoms with Crippen molar-refractivity contribution in [3.63, 3.8) is 0 Å². The number of nitrogens with two attached hydrogens (primary N) is 1. The molecular weight excluding hydrogens is 374 g/mol. The first kappa shape index (κ1) is 19.8. The molecule has 0 unspecified atom stereocenters. The summed E-state index contributed by atoms with van der Waals surface area (Å²) in [5, 5.41) is 51.4. The van der Waals surface area contributed by atoms with Gasteiger partial charge in [0.15, 0.2) is 0 Å². The minimum Gasteiger partial charge on any atom is -0.507 e. The number of nitrogens with zero attached hydrogens (tertiary/aromatic N) is 5. The molecule has 0 saturated carbocycles. The zero-order chi connectivity index (χ0) is 20.7. The van der Waals surface area contributed by atoms with Gasteiger partial charge in [-0.1, -0.05) is 0 Å². The summed E-state index contributed by atoms with van der Waals surface area (Å²) in [5.41, 5.74) is 7.42. The van der Waals surface area contributed by atoms with E-state index in [1.807, 2.05) is 0 Å². The summed E-state index contributed by atoms with van der Waals surface area (Å²) in [6, 6.07) is 6.75. The summed E-state index contributed by atoms with van der Waals surface area (Å²) in [6.07, 6.45) is 2.13. The lowest BCUT2D eigenvalue weighted by molar-refractivity contribution is -0.385. The number of guanidine groups is 1. The second-order valence-electron chi connectivity index (χ2n) is 5.10. The third kappa shape index (κ3) is 5.22. The molecule has 0 aliphatic heterocycles. The Morgan fingerprint density at radius 2 is 1.46 bits per heavy atom. The van der Waals surface area contributed by atoms with Crippen molar-refractivity contribution in [3.05, 3.63) is 67.8 Å². The van der Waals surface area contributed by atoms with Crippen molar-refractivity contribution in [3.8, 4) is 11.5 Å². The molecule has 0 heterocycles. The number of aromatic hydroxyl groups is 2. The van der Waals surface area contributed by atoms with Gasteiger partial charge in [-0.25, -0.2) is 5.43 Å². The molecular formula is C15H13N7O6. The van der Waals surface area contributed by atoms with E-state index >= 15 is 0 Å². The van der Waals surface area contributed by atoms with Crippen LogP contribution in [-0.2, 0) is 0 Å². The molecule has 28 heavy (non-hydrogen) atoms. The number of hydrogen-bond donors (Lipinski definition) is 4. The lowest BCUT2D eigenvalue weighted by Crippen LogP contribution is -2.26. The van der Waals surface area contributed by atoms with E-state index in [-0.39, 0.29) is 40.0 Å². The fourth-order valence-electron chi connectivity index (χ4n) is 1.86. The Balaban J connectivity index is 2.06. The highest BCUT2D eigenvalue weighted by Gasteiger charge is 2.09. The molecule has 0 aliphatic carbocycles. The van der Waals surface area contributed by atoms with Gasteiger partial charge in [-0.05, 0) is 12.1 Å². The normalized spacial score (nSPS) is 11.8. The van der Waals surface area contributed by atoms with Crippen LogP contribution >= 0.6 is 0 Å². The standard InChI is InChI=1S/C15H13N7O6/c16-15(19-17-7-9-5-11(21(25)26)1-3-13(9)23)20-18-8-10-6-12(22(27)28)2-4-14(10)24/h1-8,23-24H,(H3,16,19,20)/b17-7-,18-8-. The second kappa shape index (κ2) is 8.70. The van der Waals surface area contributed by atoms with Crippen molar-refractivity contribution in [2.24, 2.45) is 21.0 Å². The molecule has 0 atom stereocenters. The second-order valence-corrected chi connectivity index (χ2v) is 5.10. The smallest absolute Gasteiger partial charge is 0.270 e. The molecule has 0 amide bonds. The first-order valence-electron chi connectivity index (χ1n) is 7.38. The topological polar surface area (TPSA) is 202 Å². The Labute approximate surface area is 156 Å². The van der Waals surface area contributed by atoms with E-state index in [0.29, 0.717) is 0 Å². The van der Waals surface area contributed by atoms with E-state index in [1.54, 1.807) is 0 Å². The minimum atomic E-state index is -0.631. The number of rotatable bonds is 6.